The Morgan fingerprint density at radius 2 is 2.05 bits per heavy atom. The van der Waals surface area contributed by atoms with Gasteiger partial charge in [-0.3, -0.25) is 4.90 Å². The normalized spacial score (nSPS) is 26.4. The number of piperidine rings is 1. The number of rotatable bonds is 3. The van der Waals surface area contributed by atoms with Crippen LogP contribution in [0.5, 0.6) is 0 Å². The molecule has 0 aliphatic carbocycles. The summed E-state index contributed by atoms with van der Waals surface area (Å²) in [5.74, 6) is 1.17. The Kier molecular flexibility index (Phi) is 3.84. The molecule has 2 fully saturated rings. The Bertz CT molecular complexity index is 408. The molecule has 0 saturated carbocycles. The third-order valence-corrected chi connectivity index (χ3v) is 4.53. The van der Waals surface area contributed by atoms with Crippen molar-refractivity contribution in [3.63, 3.8) is 0 Å². The van der Waals surface area contributed by atoms with Gasteiger partial charge in [-0.05, 0) is 59.2 Å². The highest BCUT2D eigenvalue weighted by atomic mass is 15.3. The maximum absolute atomic E-state index is 4.42. The Morgan fingerprint density at radius 3 is 2.79 bits per heavy atom. The van der Waals surface area contributed by atoms with Crippen LogP contribution in [0.4, 0.5) is 0 Å². The maximum atomic E-state index is 4.42. The lowest BCUT2D eigenvalue weighted by Gasteiger charge is -2.35. The predicted molar refractivity (Wildman–Crippen MR) is 75.0 cm³/mol. The van der Waals surface area contributed by atoms with Crippen LogP contribution in [-0.2, 0) is 0 Å². The highest BCUT2D eigenvalue weighted by Gasteiger charge is 2.35. The Balaban J connectivity index is 1.80. The zero-order chi connectivity index (χ0) is 13.2. The number of nitrogens with zero attached hydrogens (tertiary/aromatic N) is 4. The summed E-state index contributed by atoms with van der Waals surface area (Å²) in [6.07, 6.45) is 6.95. The van der Waals surface area contributed by atoms with E-state index >= 15 is 0 Å². The molecule has 1 aromatic heterocycles. The van der Waals surface area contributed by atoms with E-state index in [9.17, 15) is 0 Å². The first-order chi connectivity index (χ1) is 9.27. The molecule has 2 saturated heterocycles. The summed E-state index contributed by atoms with van der Waals surface area (Å²) in [4.78, 5) is 2.68. The van der Waals surface area contributed by atoms with Crippen molar-refractivity contribution in [3.05, 3.63) is 12.2 Å². The fourth-order valence-electron chi connectivity index (χ4n) is 3.53. The standard InChI is InChI=1S/C14H25N5/c1-11(2)19-10-16-17-14(19)13-4-3-9-18(13)12-5-7-15-8-6-12/h10-13,15H,3-9H2,1-2H3. The summed E-state index contributed by atoms with van der Waals surface area (Å²) in [6, 6.07) is 1.65. The van der Waals surface area contributed by atoms with E-state index in [-0.39, 0.29) is 0 Å². The molecule has 1 unspecified atom stereocenters. The van der Waals surface area contributed by atoms with Gasteiger partial charge in [-0.2, -0.15) is 0 Å². The molecule has 3 heterocycles. The van der Waals surface area contributed by atoms with Crippen LogP contribution in [0, 0.1) is 0 Å². The first-order valence-electron chi connectivity index (χ1n) is 7.63. The van der Waals surface area contributed by atoms with Gasteiger partial charge in [0.2, 0.25) is 0 Å². The third kappa shape index (κ3) is 2.54. The molecule has 0 amide bonds. The van der Waals surface area contributed by atoms with E-state index in [1.54, 1.807) is 0 Å². The highest BCUT2D eigenvalue weighted by Crippen LogP contribution is 2.35. The van der Waals surface area contributed by atoms with Crippen molar-refractivity contribution < 1.29 is 0 Å². The van der Waals surface area contributed by atoms with Gasteiger partial charge in [-0.1, -0.05) is 0 Å². The molecular formula is C14H25N5. The van der Waals surface area contributed by atoms with Crippen molar-refractivity contribution in [2.24, 2.45) is 0 Å². The van der Waals surface area contributed by atoms with E-state index < -0.39 is 0 Å². The van der Waals surface area contributed by atoms with E-state index in [1.807, 2.05) is 6.33 Å². The SMILES string of the molecule is CC(C)n1cnnc1C1CCCN1C1CCNCC1. The van der Waals surface area contributed by atoms with Crippen molar-refractivity contribution in [1.82, 2.24) is 25.0 Å². The number of hydrogen-bond donors (Lipinski definition) is 1. The largest absolute Gasteiger partial charge is 0.317 e. The summed E-state index contributed by atoms with van der Waals surface area (Å²) >= 11 is 0. The minimum Gasteiger partial charge on any atom is -0.317 e. The zero-order valence-electron chi connectivity index (χ0n) is 12.0. The highest BCUT2D eigenvalue weighted by molar-refractivity contribution is 5.02. The second-order valence-corrected chi connectivity index (χ2v) is 6.07. The quantitative estimate of drug-likeness (QED) is 0.902. The molecule has 0 bridgehead atoms. The minimum absolute atomic E-state index is 0.445. The molecule has 3 rings (SSSR count). The lowest BCUT2D eigenvalue weighted by Crippen LogP contribution is -2.43. The fourth-order valence-corrected chi connectivity index (χ4v) is 3.53. The monoisotopic (exact) mass is 263 g/mol. The van der Waals surface area contributed by atoms with E-state index in [0.29, 0.717) is 12.1 Å². The fraction of sp³-hybridized carbons (Fsp3) is 0.857. The molecule has 106 valence electrons. The molecule has 19 heavy (non-hydrogen) atoms. The molecule has 0 spiro atoms. The first kappa shape index (κ1) is 13.1. The summed E-state index contributed by atoms with van der Waals surface area (Å²) < 4.78 is 2.24. The van der Waals surface area contributed by atoms with E-state index in [0.717, 1.165) is 19.1 Å². The average molecular weight is 263 g/mol. The number of likely N-dealkylation sites (tertiary alicyclic amines) is 1. The van der Waals surface area contributed by atoms with Gasteiger partial charge in [-0.25, -0.2) is 0 Å². The van der Waals surface area contributed by atoms with Gasteiger partial charge in [0, 0.05) is 12.1 Å². The molecule has 0 radical (unpaired) electrons. The van der Waals surface area contributed by atoms with E-state index in [4.69, 9.17) is 0 Å². The number of nitrogens with one attached hydrogen (secondary N) is 1. The lowest BCUT2D eigenvalue weighted by molar-refractivity contribution is 0.140. The molecule has 2 aliphatic heterocycles. The Hall–Kier alpha value is -0.940. The second kappa shape index (κ2) is 5.59. The van der Waals surface area contributed by atoms with Crippen LogP contribution in [0.2, 0.25) is 0 Å². The predicted octanol–water partition coefficient (Wildman–Crippen LogP) is 1.75. The first-order valence-corrected chi connectivity index (χ1v) is 7.63. The van der Waals surface area contributed by atoms with Gasteiger partial charge in [-0.15, -0.1) is 10.2 Å². The van der Waals surface area contributed by atoms with Crippen LogP contribution in [0.25, 0.3) is 0 Å². The van der Waals surface area contributed by atoms with Gasteiger partial charge >= 0.3 is 0 Å². The topological polar surface area (TPSA) is 46.0 Å². The van der Waals surface area contributed by atoms with Crippen molar-refractivity contribution in [2.45, 2.75) is 57.7 Å². The summed E-state index contributed by atoms with van der Waals surface area (Å²) in [5, 5.41) is 12.0. The molecule has 0 aromatic carbocycles. The zero-order valence-corrected chi connectivity index (χ0v) is 12.0. The molecular weight excluding hydrogens is 238 g/mol. The van der Waals surface area contributed by atoms with Crippen molar-refractivity contribution in [1.29, 1.82) is 0 Å². The molecule has 2 aliphatic rings. The van der Waals surface area contributed by atoms with Gasteiger partial charge in [0.05, 0.1) is 6.04 Å². The van der Waals surface area contributed by atoms with Crippen LogP contribution in [-0.4, -0.2) is 45.3 Å². The third-order valence-electron chi connectivity index (χ3n) is 4.53. The minimum atomic E-state index is 0.445. The summed E-state index contributed by atoms with van der Waals surface area (Å²) in [7, 11) is 0. The number of aromatic nitrogens is 3. The van der Waals surface area contributed by atoms with Crippen LogP contribution >= 0.6 is 0 Å². The van der Waals surface area contributed by atoms with Crippen molar-refractivity contribution in [3.8, 4) is 0 Å². The van der Waals surface area contributed by atoms with Crippen LogP contribution < -0.4 is 5.32 Å². The molecule has 1 aromatic rings. The second-order valence-electron chi connectivity index (χ2n) is 6.07. The Labute approximate surface area is 115 Å². The average Bonchev–Trinajstić information content (AvgIpc) is 3.08. The maximum Gasteiger partial charge on any atom is 0.150 e. The van der Waals surface area contributed by atoms with Gasteiger partial charge in [0.25, 0.3) is 0 Å². The Morgan fingerprint density at radius 1 is 1.26 bits per heavy atom. The van der Waals surface area contributed by atoms with E-state index in [1.165, 1.54) is 38.1 Å². The summed E-state index contributed by atoms with van der Waals surface area (Å²) in [6.45, 7) is 7.95. The lowest BCUT2D eigenvalue weighted by atomic mass is 10.0. The summed E-state index contributed by atoms with van der Waals surface area (Å²) in [5.41, 5.74) is 0. The van der Waals surface area contributed by atoms with Crippen LogP contribution in [0.1, 0.15) is 57.4 Å². The molecule has 5 heteroatoms. The van der Waals surface area contributed by atoms with Gasteiger partial charge in [0.15, 0.2) is 0 Å². The smallest absolute Gasteiger partial charge is 0.150 e. The van der Waals surface area contributed by atoms with Gasteiger partial charge < -0.3 is 9.88 Å². The van der Waals surface area contributed by atoms with Crippen molar-refractivity contribution >= 4 is 0 Å². The van der Waals surface area contributed by atoms with Gasteiger partial charge in [0.1, 0.15) is 12.2 Å². The molecule has 1 atom stereocenters. The van der Waals surface area contributed by atoms with Crippen molar-refractivity contribution in [2.75, 3.05) is 19.6 Å². The van der Waals surface area contributed by atoms with Crippen LogP contribution in [0.3, 0.4) is 0 Å². The van der Waals surface area contributed by atoms with E-state index in [2.05, 4.69) is 38.8 Å². The molecule has 1 N–H and O–H groups in total. The van der Waals surface area contributed by atoms with Crippen LogP contribution in [0.15, 0.2) is 6.33 Å². The number of hydrogen-bond acceptors (Lipinski definition) is 4. The molecule has 5 nitrogen and oxygen atoms in total.